The number of aryl methyl sites for hydroxylation is 2. The Labute approximate surface area is 97.7 Å². The van der Waals surface area contributed by atoms with E-state index in [0.717, 1.165) is 31.1 Å². The molecule has 1 N–H and O–H groups in total. The second kappa shape index (κ2) is 4.91. The molecule has 0 radical (unpaired) electrons. The molecule has 2 rings (SSSR count). The molecule has 1 aromatic rings. The van der Waals surface area contributed by atoms with Gasteiger partial charge in [0.1, 0.15) is 5.82 Å². The van der Waals surface area contributed by atoms with E-state index in [4.69, 9.17) is 0 Å². The third-order valence-electron chi connectivity index (χ3n) is 3.19. The first-order valence-electron chi connectivity index (χ1n) is 6.20. The van der Waals surface area contributed by atoms with Crippen LogP contribution in [-0.2, 0) is 12.8 Å². The molecule has 1 atom stereocenters. The van der Waals surface area contributed by atoms with Crippen molar-refractivity contribution in [2.45, 2.75) is 46.1 Å². The van der Waals surface area contributed by atoms with Gasteiger partial charge in [0.25, 0.3) is 0 Å². The maximum absolute atomic E-state index is 4.51. The van der Waals surface area contributed by atoms with E-state index < -0.39 is 0 Å². The van der Waals surface area contributed by atoms with Crippen molar-refractivity contribution in [1.82, 2.24) is 15.3 Å². The molecular weight excluding hydrogens is 198 g/mol. The van der Waals surface area contributed by atoms with Crippen molar-refractivity contribution in [2.24, 2.45) is 5.92 Å². The highest BCUT2D eigenvalue weighted by molar-refractivity contribution is 5.21. The van der Waals surface area contributed by atoms with E-state index in [1.807, 2.05) is 13.1 Å². The van der Waals surface area contributed by atoms with Gasteiger partial charge in [0.2, 0.25) is 0 Å². The number of rotatable bonds is 3. The number of aromatic nitrogens is 2. The zero-order chi connectivity index (χ0) is 11.5. The van der Waals surface area contributed by atoms with Gasteiger partial charge in [-0.3, -0.25) is 0 Å². The molecule has 3 nitrogen and oxygen atoms in total. The maximum atomic E-state index is 4.51. The lowest BCUT2D eigenvalue weighted by molar-refractivity contribution is 0.402. The largest absolute Gasteiger partial charge is 0.314 e. The van der Waals surface area contributed by atoms with E-state index in [2.05, 4.69) is 29.1 Å². The van der Waals surface area contributed by atoms with E-state index in [1.54, 1.807) is 0 Å². The normalized spacial score (nSPS) is 19.9. The van der Waals surface area contributed by atoms with Gasteiger partial charge >= 0.3 is 0 Å². The van der Waals surface area contributed by atoms with E-state index in [0.29, 0.717) is 6.04 Å². The average molecular weight is 219 g/mol. The summed E-state index contributed by atoms with van der Waals surface area (Å²) in [7, 11) is 0. The molecule has 16 heavy (non-hydrogen) atoms. The number of nitrogens with zero attached hydrogens (tertiary/aromatic N) is 2. The van der Waals surface area contributed by atoms with Gasteiger partial charge in [-0.15, -0.1) is 0 Å². The second-order valence-corrected chi connectivity index (χ2v) is 5.06. The van der Waals surface area contributed by atoms with Crippen LogP contribution in [0.5, 0.6) is 0 Å². The minimum absolute atomic E-state index is 0.579. The van der Waals surface area contributed by atoms with Crippen LogP contribution in [0.4, 0.5) is 0 Å². The molecule has 3 heteroatoms. The van der Waals surface area contributed by atoms with Gasteiger partial charge in [-0.1, -0.05) is 13.8 Å². The summed E-state index contributed by atoms with van der Waals surface area (Å²) in [6.07, 6.45) is 5.51. The first-order chi connectivity index (χ1) is 7.65. The van der Waals surface area contributed by atoms with E-state index >= 15 is 0 Å². The molecular formula is C13H21N3. The van der Waals surface area contributed by atoms with Crippen molar-refractivity contribution in [3.05, 3.63) is 23.3 Å². The first kappa shape index (κ1) is 11.5. The smallest absolute Gasteiger partial charge is 0.125 e. The predicted octanol–water partition coefficient (Wildman–Crippen LogP) is 1.89. The van der Waals surface area contributed by atoms with Gasteiger partial charge in [-0.05, 0) is 44.2 Å². The molecule has 1 aromatic heterocycles. The molecule has 0 spiro atoms. The van der Waals surface area contributed by atoms with Crippen molar-refractivity contribution in [3.8, 4) is 0 Å². The highest BCUT2D eigenvalue weighted by Crippen LogP contribution is 2.23. The number of hydrogen-bond donors (Lipinski definition) is 1. The van der Waals surface area contributed by atoms with Gasteiger partial charge in [0.15, 0.2) is 0 Å². The number of nitrogens with one attached hydrogen (secondary N) is 1. The fraction of sp³-hybridized carbons (Fsp3) is 0.692. The molecule has 0 aliphatic heterocycles. The van der Waals surface area contributed by atoms with Crippen LogP contribution in [0.1, 0.15) is 37.4 Å². The lowest BCUT2D eigenvalue weighted by Gasteiger charge is -2.24. The Morgan fingerprint density at radius 1 is 1.50 bits per heavy atom. The van der Waals surface area contributed by atoms with Crippen LogP contribution in [-0.4, -0.2) is 22.6 Å². The second-order valence-electron chi connectivity index (χ2n) is 5.06. The SMILES string of the molecule is Cc1ncc2c(n1)CCC(CNC(C)C)C2. The van der Waals surface area contributed by atoms with Crippen molar-refractivity contribution < 1.29 is 0 Å². The van der Waals surface area contributed by atoms with Crippen molar-refractivity contribution in [3.63, 3.8) is 0 Å². The van der Waals surface area contributed by atoms with Crippen LogP contribution in [0.2, 0.25) is 0 Å². The first-order valence-corrected chi connectivity index (χ1v) is 6.20. The molecule has 1 unspecified atom stereocenters. The van der Waals surface area contributed by atoms with Gasteiger partial charge < -0.3 is 5.32 Å². The van der Waals surface area contributed by atoms with Crippen LogP contribution < -0.4 is 5.32 Å². The molecule has 1 heterocycles. The number of fused-ring (bicyclic) bond motifs is 1. The molecule has 0 amide bonds. The van der Waals surface area contributed by atoms with Crippen LogP contribution in [0.15, 0.2) is 6.20 Å². The quantitative estimate of drug-likeness (QED) is 0.843. The Balaban J connectivity index is 1.98. The Kier molecular flexibility index (Phi) is 3.54. The van der Waals surface area contributed by atoms with Crippen molar-refractivity contribution in [1.29, 1.82) is 0 Å². The summed E-state index contributed by atoms with van der Waals surface area (Å²) >= 11 is 0. The average Bonchev–Trinajstić information content (AvgIpc) is 2.26. The molecule has 0 aromatic carbocycles. The Bertz CT molecular complexity index is 360. The molecule has 0 saturated heterocycles. The van der Waals surface area contributed by atoms with Gasteiger partial charge in [0.05, 0.1) is 0 Å². The zero-order valence-corrected chi connectivity index (χ0v) is 10.5. The summed E-state index contributed by atoms with van der Waals surface area (Å²) in [5.41, 5.74) is 2.63. The molecule has 0 saturated carbocycles. The van der Waals surface area contributed by atoms with Crippen LogP contribution in [0, 0.1) is 12.8 Å². The minimum Gasteiger partial charge on any atom is -0.314 e. The molecule has 88 valence electrons. The van der Waals surface area contributed by atoms with E-state index in [9.17, 15) is 0 Å². The van der Waals surface area contributed by atoms with Gasteiger partial charge in [0, 0.05) is 17.9 Å². The van der Waals surface area contributed by atoms with Crippen molar-refractivity contribution >= 4 is 0 Å². The Hall–Kier alpha value is -0.960. The lowest BCUT2D eigenvalue weighted by Crippen LogP contribution is -2.32. The van der Waals surface area contributed by atoms with Crippen LogP contribution in [0.25, 0.3) is 0 Å². The van der Waals surface area contributed by atoms with E-state index in [1.165, 1.54) is 17.7 Å². The predicted molar refractivity (Wildman–Crippen MR) is 65.4 cm³/mol. The Morgan fingerprint density at radius 3 is 3.06 bits per heavy atom. The van der Waals surface area contributed by atoms with Gasteiger partial charge in [-0.25, -0.2) is 9.97 Å². The Morgan fingerprint density at radius 2 is 2.31 bits per heavy atom. The zero-order valence-electron chi connectivity index (χ0n) is 10.5. The van der Waals surface area contributed by atoms with Crippen LogP contribution >= 0.6 is 0 Å². The topological polar surface area (TPSA) is 37.8 Å². The van der Waals surface area contributed by atoms with Crippen molar-refractivity contribution in [2.75, 3.05) is 6.54 Å². The molecule has 1 aliphatic carbocycles. The standard InChI is InChI=1S/C13H21N3/c1-9(2)14-7-11-4-5-13-12(6-11)8-15-10(3)16-13/h8-9,11,14H,4-7H2,1-3H3. The summed E-state index contributed by atoms with van der Waals surface area (Å²) in [5.74, 6) is 1.65. The summed E-state index contributed by atoms with van der Waals surface area (Å²) in [4.78, 5) is 8.80. The summed E-state index contributed by atoms with van der Waals surface area (Å²) in [6.45, 7) is 7.48. The molecule has 0 fully saturated rings. The third-order valence-corrected chi connectivity index (χ3v) is 3.19. The highest BCUT2D eigenvalue weighted by Gasteiger charge is 2.19. The fourth-order valence-corrected chi connectivity index (χ4v) is 2.26. The minimum atomic E-state index is 0.579. The monoisotopic (exact) mass is 219 g/mol. The highest BCUT2D eigenvalue weighted by atomic mass is 14.9. The lowest BCUT2D eigenvalue weighted by atomic mass is 9.87. The van der Waals surface area contributed by atoms with Crippen LogP contribution in [0.3, 0.4) is 0 Å². The molecule has 0 bridgehead atoms. The number of hydrogen-bond acceptors (Lipinski definition) is 3. The summed E-state index contributed by atoms with van der Waals surface area (Å²) in [5, 5.41) is 3.52. The summed E-state index contributed by atoms with van der Waals surface area (Å²) in [6, 6.07) is 0.579. The third kappa shape index (κ3) is 2.79. The van der Waals surface area contributed by atoms with E-state index in [-0.39, 0.29) is 0 Å². The molecule has 1 aliphatic rings. The maximum Gasteiger partial charge on any atom is 0.125 e. The van der Waals surface area contributed by atoms with Gasteiger partial charge in [-0.2, -0.15) is 0 Å². The fourth-order valence-electron chi connectivity index (χ4n) is 2.26. The summed E-state index contributed by atoms with van der Waals surface area (Å²) < 4.78 is 0.